The summed E-state index contributed by atoms with van der Waals surface area (Å²) in [5, 5.41) is 30.2. The van der Waals surface area contributed by atoms with Gasteiger partial charge < -0.3 is 25.2 Å². The quantitative estimate of drug-likeness (QED) is 0.161. The van der Waals surface area contributed by atoms with Crippen LogP contribution in [-0.4, -0.2) is 92.5 Å². The van der Waals surface area contributed by atoms with Gasteiger partial charge in [0.2, 0.25) is 5.91 Å². The highest BCUT2D eigenvalue weighted by atomic mass is 16.7. The number of hydroxylamine groups is 2. The fraction of sp³-hybridized carbons (Fsp3) is 0.520. The number of nitrogens with one attached hydrogen (secondary N) is 3. The average molecular weight is 536 g/mol. The van der Waals surface area contributed by atoms with E-state index < -0.39 is 43.3 Å². The van der Waals surface area contributed by atoms with Gasteiger partial charge in [-0.25, -0.2) is 15.9 Å². The summed E-state index contributed by atoms with van der Waals surface area (Å²) in [6.45, 7) is 5.91. The lowest BCUT2D eigenvalue weighted by atomic mass is 10.0. The topological polar surface area (TPSA) is 186 Å². The number of benzene rings is 1. The first kappa shape index (κ1) is 30.9. The molecule has 13 heteroatoms. The normalized spacial score (nSPS) is 13.4. The van der Waals surface area contributed by atoms with Gasteiger partial charge in [0.25, 0.3) is 11.8 Å². The first-order chi connectivity index (χ1) is 18.2. The fourth-order valence-electron chi connectivity index (χ4n) is 3.58. The van der Waals surface area contributed by atoms with Crippen molar-refractivity contribution < 1.29 is 39.4 Å². The molecule has 0 spiro atoms. The molecule has 1 unspecified atom stereocenters. The zero-order valence-electron chi connectivity index (χ0n) is 21.8. The van der Waals surface area contributed by atoms with Crippen LogP contribution in [0.3, 0.4) is 0 Å². The van der Waals surface area contributed by atoms with Gasteiger partial charge in [0.05, 0.1) is 12.7 Å². The van der Waals surface area contributed by atoms with E-state index in [0.717, 1.165) is 12.8 Å². The predicted octanol–water partition coefficient (Wildman–Crippen LogP) is 0.0149. The van der Waals surface area contributed by atoms with Crippen LogP contribution in [0.2, 0.25) is 0 Å². The van der Waals surface area contributed by atoms with Crippen molar-refractivity contribution in [2.24, 2.45) is 0 Å². The van der Waals surface area contributed by atoms with Crippen molar-refractivity contribution in [3.63, 3.8) is 0 Å². The van der Waals surface area contributed by atoms with Gasteiger partial charge in [-0.05, 0) is 43.5 Å². The molecular formula is C25H37N5O8. The van der Waals surface area contributed by atoms with E-state index in [1.807, 2.05) is 13.8 Å². The average Bonchev–Trinajstić information content (AvgIpc) is 3.39. The van der Waals surface area contributed by atoms with Crippen molar-refractivity contribution >= 4 is 17.7 Å². The molecule has 0 saturated carbocycles. The highest BCUT2D eigenvalue weighted by molar-refractivity contribution is 5.99. The van der Waals surface area contributed by atoms with Gasteiger partial charge in [-0.15, -0.1) is 0 Å². The highest BCUT2D eigenvalue weighted by Crippen LogP contribution is 2.14. The second kappa shape index (κ2) is 15.8. The van der Waals surface area contributed by atoms with E-state index in [-0.39, 0.29) is 17.9 Å². The molecule has 0 aliphatic rings. The van der Waals surface area contributed by atoms with Crippen molar-refractivity contribution in [1.29, 1.82) is 0 Å². The van der Waals surface area contributed by atoms with E-state index in [2.05, 4.69) is 20.9 Å². The first-order valence-electron chi connectivity index (χ1n) is 12.4. The van der Waals surface area contributed by atoms with Crippen molar-refractivity contribution in [2.75, 3.05) is 26.3 Å². The van der Waals surface area contributed by atoms with Gasteiger partial charge in [0.1, 0.15) is 31.5 Å². The first-order valence-corrected chi connectivity index (χ1v) is 12.4. The second-order valence-electron chi connectivity index (χ2n) is 8.84. The van der Waals surface area contributed by atoms with Crippen molar-refractivity contribution in [3.8, 4) is 0 Å². The number of aliphatic hydroxyl groups is 3. The van der Waals surface area contributed by atoms with Crippen molar-refractivity contribution in [1.82, 2.24) is 25.8 Å². The van der Waals surface area contributed by atoms with Gasteiger partial charge >= 0.3 is 0 Å². The summed E-state index contributed by atoms with van der Waals surface area (Å²) in [6.07, 6.45) is -0.340. The number of carbonyl (C=O) groups is 3. The predicted molar refractivity (Wildman–Crippen MR) is 135 cm³/mol. The molecule has 1 heterocycles. The van der Waals surface area contributed by atoms with Gasteiger partial charge in [-0.2, -0.15) is 0 Å². The van der Waals surface area contributed by atoms with E-state index in [4.69, 9.17) is 9.68 Å². The smallest absolute Gasteiger partial charge is 0.274 e. The van der Waals surface area contributed by atoms with Crippen LogP contribution < -0.4 is 11.0 Å². The summed E-state index contributed by atoms with van der Waals surface area (Å²) >= 11 is 0. The third-order valence-corrected chi connectivity index (χ3v) is 5.41. The summed E-state index contributed by atoms with van der Waals surface area (Å²) in [7, 11) is 0. The molecule has 0 bridgehead atoms. The number of amides is 3. The monoisotopic (exact) mass is 535 g/mol. The summed E-state index contributed by atoms with van der Waals surface area (Å²) in [4.78, 5) is 55.4. The lowest BCUT2D eigenvalue weighted by molar-refractivity contribution is -0.145. The summed E-state index contributed by atoms with van der Waals surface area (Å²) in [5.74, 6) is -1.32. The molecule has 3 amide bonds. The maximum absolute atomic E-state index is 12.9. The van der Waals surface area contributed by atoms with Crippen LogP contribution in [0, 0.1) is 6.92 Å². The number of hydrogen-bond donors (Lipinski definition) is 6. The lowest BCUT2D eigenvalue weighted by Gasteiger charge is -2.23. The Labute approximate surface area is 221 Å². The maximum atomic E-state index is 12.9. The summed E-state index contributed by atoms with van der Waals surface area (Å²) in [5.41, 5.74) is 6.11. The molecule has 2 rings (SSSR count). The Hall–Kier alpha value is -3.36. The zero-order valence-corrected chi connectivity index (χ0v) is 21.8. The third-order valence-electron chi connectivity index (χ3n) is 5.41. The number of aromatic amines is 1. The Morgan fingerprint density at radius 3 is 2.16 bits per heavy atom. The molecular weight excluding hydrogens is 498 g/mol. The molecule has 0 radical (unpaired) electrons. The molecule has 1 aromatic heterocycles. The Kier molecular flexibility index (Phi) is 12.8. The molecule has 1 aromatic carbocycles. The van der Waals surface area contributed by atoms with Crippen LogP contribution in [-0.2, 0) is 20.9 Å². The third kappa shape index (κ3) is 9.84. The molecule has 0 saturated heterocycles. The Balaban J connectivity index is 1.81. The van der Waals surface area contributed by atoms with Crippen LogP contribution in [0.25, 0.3) is 0 Å². The molecule has 2 aromatic rings. The van der Waals surface area contributed by atoms with Crippen molar-refractivity contribution in [3.05, 3.63) is 53.1 Å². The minimum atomic E-state index is -1.69. The standard InChI is InChI=1S/C25H37N5O8/c1-4-6-30(7-5-2)25(36)18-9-16(3)8-17(10-18)24(35)29-38-14-21(32)23(34)20(31)13-37-28-22(33)11-19-12-26-15-27-19/h8-10,12,15,20-21,23,31-32,34H,4-7,11,13-14H2,1-3H3,(H,26,27)(H,28,33)(H,29,35)/t20?,21-,23+/m0/s1. The van der Waals surface area contributed by atoms with Crippen LogP contribution >= 0.6 is 0 Å². The van der Waals surface area contributed by atoms with Gasteiger partial charge in [0, 0.05) is 36.1 Å². The number of rotatable bonds is 16. The van der Waals surface area contributed by atoms with E-state index in [1.165, 1.54) is 18.6 Å². The Morgan fingerprint density at radius 2 is 1.58 bits per heavy atom. The SMILES string of the molecule is CCCN(CCC)C(=O)c1cc(C)cc(C(=O)NOC[C@H](O)[C@H](O)C(O)CONC(=O)Cc2cnc[nH]2)c1. The van der Waals surface area contributed by atoms with Gasteiger partial charge in [-0.1, -0.05) is 13.8 Å². The summed E-state index contributed by atoms with van der Waals surface area (Å²) in [6, 6.07) is 4.77. The van der Waals surface area contributed by atoms with E-state index >= 15 is 0 Å². The minimum Gasteiger partial charge on any atom is -0.388 e. The van der Waals surface area contributed by atoms with Crippen LogP contribution in [0.4, 0.5) is 0 Å². The molecule has 210 valence electrons. The van der Waals surface area contributed by atoms with Gasteiger partial charge in [0.15, 0.2) is 0 Å². The number of nitrogens with zero attached hydrogens (tertiary/aromatic N) is 2. The molecule has 0 aliphatic carbocycles. The number of hydrogen-bond acceptors (Lipinski definition) is 9. The zero-order chi connectivity index (χ0) is 28.1. The lowest BCUT2D eigenvalue weighted by Crippen LogP contribution is -2.44. The molecule has 6 N–H and O–H groups in total. The number of aryl methyl sites for hydroxylation is 1. The van der Waals surface area contributed by atoms with Crippen LogP contribution in [0.5, 0.6) is 0 Å². The largest absolute Gasteiger partial charge is 0.388 e. The van der Waals surface area contributed by atoms with E-state index in [0.29, 0.717) is 29.9 Å². The van der Waals surface area contributed by atoms with Gasteiger partial charge in [-0.3, -0.25) is 24.1 Å². The van der Waals surface area contributed by atoms with Crippen LogP contribution in [0.1, 0.15) is 58.7 Å². The Morgan fingerprint density at radius 1 is 0.974 bits per heavy atom. The maximum Gasteiger partial charge on any atom is 0.274 e. The highest BCUT2D eigenvalue weighted by Gasteiger charge is 2.26. The number of aromatic nitrogens is 2. The second-order valence-corrected chi connectivity index (χ2v) is 8.84. The molecule has 0 aliphatic heterocycles. The fourth-order valence-corrected chi connectivity index (χ4v) is 3.58. The number of imidazole rings is 1. The Bertz CT molecular complexity index is 1030. The number of H-pyrrole nitrogens is 1. The van der Waals surface area contributed by atoms with E-state index in [9.17, 15) is 29.7 Å². The molecule has 38 heavy (non-hydrogen) atoms. The number of aliphatic hydroxyl groups excluding tert-OH is 3. The van der Waals surface area contributed by atoms with Crippen molar-refractivity contribution in [2.45, 2.75) is 58.3 Å². The molecule has 3 atom stereocenters. The summed E-state index contributed by atoms with van der Waals surface area (Å²) < 4.78 is 0. The minimum absolute atomic E-state index is 0.0266. The molecule has 13 nitrogen and oxygen atoms in total. The van der Waals surface area contributed by atoms with E-state index in [1.54, 1.807) is 24.0 Å². The molecule has 0 fully saturated rings. The number of carbonyl (C=O) groups excluding carboxylic acids is 3. The van der Waals surface area contributed by atoms with Crippen LogP contribution in [0.15, 0.2) is 30.7 Å².